The number of hydrazone groups is 1. The summed E-state index contributed by atoms with van der Waals surface area (Å²) in [5.74, 6) is 0.937. The Labute approximate surface area is 191 Å². The molecule has 1 amide bonds. The standard InChI is InChI=1S/C21H17BrClN3O5/c1-12-7-13(2)21(17(22)8-12)30-11-20(27)25-24-10-15-4-6-19(31-15)16-5-3-14(26(28)29)9-18(16)23/h3-10H,11H2,1-2H3,(H,25,27). The number of nitro groups is 1. The molecule has 1 N–H and O–H groups in total. The van der Waals surface area contributed by atoms with Crippen molar-refractivity contribution in [1.82, 2.24) is 5.43 Å². The third kappa shape index (κ3) is 5.71. The van der Waals surface area contributed by atoms with Crippen LogP contribution < -0.4 is 10.2 Å². The summed E-state index contributed by atoms with van der Waals surface area (Å²) in [6, 6.07) is 11.2. The highest BCUT2D eigenvalue weighted by atomic mass is 79.9. The quantitative estimate of drug-likeness (QED) is 0.262. The van der Waals surface area contributed by atoms with Gasteiger partial charge in [0.25, 0.3) is 11.6 Å². The third-order valence-electron chi connectivity index (χ3n) is 4.16. The summed E-state index contributed by atoms with van der Waals surface area (Å²) in [6.45, 7) is 3.66. The van der Waals surface area contributed by atoms with Crippen molar-refractivity contribution in [2.45, 2.75) is 13.8 Å². The first-order valence-electron chi connectivity index (χ1n) is 9.00. The summed E-state index contributed by atoms with van der Waals surface area (Å²) in [5.41, 5.74) is 4.75. The van der Waals surface area contributed by atoms with Gasteiger partial charge in [-0.1, -0.05) is 17.7 Å². The Morgan fingerprint density at radius 3 is 2.74 bits per heavy atom. The molecule has 0 aliphatic carbocycles. The summed E-state index contributed by atoms with van der Waals surface area (Å²) < 4.78 is 12.0. The van der Waals surface area contributed by atoms with Crippen molar-refractivity contribution in [1.29, 1.82) is 0 Å². The number of nitrogens with zero attached hydrogens (tertiary/aromatic N) is 2. The van der Waals surface area contributed by atoms with E-state index in [1.54, 1.807) is 12.1 Å². The van der Waals surface area contributed by atoms with Gasteiger partial charge in [-0.15, -0.1) is 0 Å². The first-order chi connectivity index (χ1) is 14.7. The Balaban J connectivity index is 1.58. The van der Waals surface area contributed by atoms with Crippen LogP contribution in [0.25, 0.3) is 11.3 Å². The number of aryl methyl sites for hydroxylation is 2. The number of hydrogen-bond donors (Lipinski definition) is 1. The molecule has 0 fully saturated rings. The second-order valence-electron chi connectivity index (χ2n) is 6.60. The van der Waals surface area contributed by atoms with Gasteiger partial charge in [0.05, 0.1) is 20.6 Å². The van der Waals surface area contributed by atoms with E-state index in [0.29, 0.717) is 22.8 Å². The van der Waals surface area contributed by atoms with Crippen LogP contribution >= 0.6 is 27.5 Å². The molecular weight excluding hydrogens is 490 g/mol. The molecule has 0 bridgehead atoms. The van der Waals surface area contributed by atoms with Gasteiger partial charge in [-0.3, -0.25) is 14.9 Å². The molecule has 0 atom stereocenters. The predicted molar refractivity (Wildman–Crippen MR) is 121 cm³/mol. The largest absolute Gasteiger partial charge is 0.482 e. The molecule has 1 aromatic heterocycles. The second kappa shape index (κ2) is 9.76. The minimum absolute atomic E-state index is 0.111. The van der Waals surface area contributed by atoms with Crippen LogP contribution in [0.2, 0.25) is 5.02 Å². The summed E-state index contributed by atoms with van der Waals surface area (Å²) in [7, 11) is 0. The SMILES string of the molecule is Cc1cc(C)c(OCC(=O)NN=Cc2ccc(-c3ccc([N+](=O)[O-])cc3Cl)o2)c(Br)c1. The van der Waals surface area contributed by atoms with E-state index in [4.69, 9.17) is 20.8 Å². The first kappa shape index (κ1) is 22.5. The summed E-state index contributed by atoms with van der Waals surface area (Å²) >= 11 is 9.53. The molecule has 0 saturated heterocycles. The number of nitrogens with one attached hydrogen (secondary N) is 1. The molecule has 1 heterocycles. The van der Waals surface area contributed by atoms with Crippen LogP contribution in [0.15, 0.2) is 56.5 Å². The fourth-order valence-electron chi connectivity index (χ4n) is 2.81. The Morgan fingerprint density at radius 1 is 1.29 bits per heavy atom. The van der Waals surface area contributed by atoms with Crippen LogP contribution in [0.5, 0.6) is 5.75 Å². The van der Waals surface area contributed by atoms with Crippen LogP contribution in [0, 0.1) is 24.0 Å². The van der Waals surface area contributed by atoms with E-state index in [9.17, 15) is 14.9 Å². The highest BCUT2D eigenvalue weighted by molar-refractivity contribution is 9.10. The molecule has 160 valence electrons. The van der Waals surface area contributed by atoms with Crippen molar-refractivity contribution in [3.8, 4) is 17.1 Å². The fraction of sp³-hybridized carbons (Fsp3) is 0.143. The molecular formula is C21H17BrClN3O5. The molecule has 2 aromatic carbocycles. The maximum absolute atomic E-state index is 12.0. The molecule has 0 radical (unpaired) electrons. The number of halogens is 2. The van der Waals surface area contributed by atoms with Gasteiger partial charge < -0.3 is 9.15 Å². The monoisotopic (exact) mass is 505 g/mol. The van der Waals surface area contributed by atoms with Gasteiger partial charge >= 0.3 is 0 Å². The van der Waals surface area contributed by atoms with Gasteiger partial charge in [-0.2, -0.15) is 5.10 Å². The number of benzene rings is 2. The maximum Gasteiger partial charge on any atom is 0.277 e. The first-order valence-corrected chi connectivity index (χ1v) is 10.2. The molecule has 0 aliphatic heterocycles. The van der Waals surface area contributed by atoms with E-state index in [2.05, 4.69) is 26.5 Å². The van der Waals surface area contributed by atoms with Crippen molar-refractivity contribution >= 4 is 45.3 Å². The number of carbonyl (C=O) groups is 1. The van der Waals surface area contributed by atoms with Gasteiger partial charge in [-0.25, -0.2) is 5.43 Å². The van der Waals surface area contributed by atoms with Crippen molar-refractivity contribution in [3.63, 3.8) is 0 Å². The van der Waals surface area contributed by atoms with Crippen LogP contribution in [0.4, 0.5) is 5.69 Å². The van der Waals surface area contributed by atoms with Crippen molar-refractivity contribution in [2.75, 3.05) is 6.61 Å². The zero-order valence-corrected chi connectivity index (χ0v) is 18.9. The fourth-order valence-corrected chi connectivity index (χ4v) is 3.86. The van der Waals surface area contributed by atoms with Crippen molar-refractivity contribution in [2.24, 2.45) is 5.10 Å². The number of furan rings is 1. The third-order valence-corrected chi connectivity index (χ3v) is 5.06. The zero-order valence-electron chi connectivity index (χ0n) is 16.5. The lowest BCUT2D eigenvalue weighted by atomic mass is 10.1. The number of carbonyl (C=O) groups excluding carboxylic acids is 1. The minimum atomic E-state index is -0.527. The number of amides is 1. The van der Waals surface area contributed by atoms with Crippen LogP contribution in [-0.2, 0) is 4.79 Å². The van der Waals surface area contributed by atoms with Gasteiger partial charge in [0, 0.05) is 17.7 Å². The Hall–Kier alpha value is -3.17. The van der Waals surface area contributed by atoms with E-state index < -0.39 is 10.8 Å². The number of hydrogen-bond acceptors (Lipinski definition) is 6. The zero-order chi connectivity index (χ0) is 22.5. The molecule has 0 spiro atoms. The minimum Gasteiger partial charge on any atom is -0.482 e. The average molecular weight is 507 g/mol. The van der Waals surface area contributed by atoms with Crippen LogP contribution in [0.3, 0.4) is 0 Å². The van der Waals surface area contributed by atoms with E-state index in [1.165, 1.54) is 24.4 Å². The van der Waals surface area contributed by atoms with E-state index >= 15 is 0 Å². The topological polar surface area (TPSA) is 107 Å². The lowest BCUT2D eigenvalue weighted by molar-refractivity contribution is -0.384. The Bertz CT molecular complexity index is 1150. The normalized spacial score (nSPS) is 11.0. The van der Waals surface area contributed by atoms with Gasteiger partial charge in [0.1, 0.15) is 17.3 Å². The number of ether oxygens (including phenoxy) is 1. The van der Waals surface area contributed by atoms with Crippen LogP contribution in [0.1, 0.15) is 16.9 Å². The summed E-state index contributed by atoms with van der Waals surface area (Å²) in [6.07, 6.45) is 1.33. The van der Waals surface area contributed by atoms with Gasteiger partial charge in [0.2, 0.25) is 0 Å². The lowest BCUT2D eigenvalue weighted by Crippen LogP contribution is -2.24. The predicted octanol–water partition coefficient (Wildman–Crippen LogP) is 5.42. The summed E-state index contributed by atoms with van der Waals surface area (Å²) in [5, 5.41) is 14.8. The number of nitro benzene ring substituents is 1. The molecule has 0 unspecified atom stereocenters. The summed E-state index contributed by atoms with van der Waals surface area (Å²) in [4.78, 5) is 22.3. The van der Waals surface area contributed by atoms with Crippen molar-refractivity contribution in [3.05, 3.63) is 79.0 Å². The van der Waals surface area contributed by atoms with Gasteiger partial charge in [0.15, 0.2) is 6.61 Å². The van der Waals surface area contributed by atoms with E-state index in [0.717, 1.165) is 15.6 Å². The number of non-ortho nitro benzene ring substituents is 1. The highest BCUT2D eigenvalue weighted by Gasteiger charge is 2.13. The molecule has 3 aromatic rings. The molecule has 3 rings (SSSR count). The molecule has 10 heteroatoms. The van der Waals surface area contributed by atoms with Crippen LogP contribution in [-0.4, -0.2) is 23.7 Å². The van der Waals surface area contributed by atoms with Crippen molar-refractivity contribution < 1.29 is 18.9 Å². The Kier molecular flexibility index (Phi) is 7.09. The number of rotatable bonds is 7. The van der Waals surface area contributed by atoms with Gasteiger partial charge in [-0.05, 0) is 65.2 Å². The Morgan fingerprint density at radius 2 is 2.06 bits per heavy atom. The smallest absolute Gasteiger partial charge is 0.277 e. The highest BCUT2D eigenvalue weighted by Crippen LogP contribution is 2.32. The van der Waals surface area contributed by atoms with E-state index in [-0.39, 0.29) is 17.3 Å². The lowest BCUT2D eigenvalue weighted by Gasteiger charge is -2.11. The second-order valence-corrected chi connectivity index (χ2v) is 7.86. The molecule has 0 saturated carbocycles. The molecule has 31 heavy (non-hydrogen) atoms. The average Bonchev–Trinajstić information content (AvgIpc) is 3.15. The maximum atomic E-state index is 12.0. The van der Waals surface area contributed by atoms with E-state index in [1.807, 2.05) is 26.0 Å². The molecule has 0 aliphatic rings. The molecule has 8 nitrogen and oxygen atoms in total.